The smallest absolute Gasteiger partial charge is 0.0974 e. The minimum atomic E-state index is 0.932. The molecular formula is C107H70N6S3. The van der Waals surface area contributed by atoms with Crippen LogP contribution in [0.15, 0.2) is 334 Å². The Kier molecular flexibility index (Phi) is 16.5. The van der Waals surface area contributed by atoms with E-state index in [9.17, 15) is 0 Å². The number of benzene rings is 18. The van der Waals surface area contributed by atoms with Crippen molar-refractivity contribution in [1.82, 2.24) is 29.9 Å². The Balaban J connectivity index is 0.000000106. The Labute approximate surface area is 680 Å². The maximum atomic E-state index is 4.90. The highest BCUT2D eigenvalue weighted by molar-refractivity contribution is 7.27. The predicted molar refractivity (Wildman–Crippen MR) is 499 cm³/mol. The second kappa shape index (κ2) is 27.8. The summed E-state index contributed by atoms with van der Waals surface area (Å²) in [7, 11) is 0. The van der Waals surface area contributed by atoms with E-state index in [1.54, 1.807) is 12.4 Å². The van der Waals surface area contributed by atoms with Crippen LogP contribution in [-0.2, 0) is 0 Å². The standard InChI is InChI=1S/C37H26N2S.2C35H22N2S/c1-21-16-23(3)36-32(17-21)33-19-22(2)18-31(37(33)40-36)26-9-5-4-8-25(26)24-12-13-29-30(20-24)27-10-6-7-11-28(27)34-35(29)39-15-14-38-34;1-21-20-36-33-29-17-16-23(19-31(29)26-10-2-3-12-28(26)34(33)37-21)22-8-6-9-24(18-22)25-13-7-14-30-27-11-4-5-15-32(27)38-35(25)30;1-21-20-36-33-28-12-3-2-10-26(28)31-19-23(16-17-29(31)34(33)37-21)22-8-6-9-24(18-22)25-13-7-14-30-27-11-4-5-15-32(27)38-35(25)30/h4-20H,1-3H3;2*2-20H,1H3. The molecule has 0 aliphatic rings. The van der Waals surface area contributed by atoms with E-state index in [1.807, 2.05) is 60.3 Å². The van der Waals surface area contributed by atoms with E-state index >= 15 is 0 Å². The summed E-state index contributed by atoms with van der Waals surface area (Å²) in [6.07, 6.45) is 7.29. The van der Waals surface area contributed by atoms with Gasteiger partial charge < -0.3 is 0 Å². The normalized spacial score (nSPS) is 11.8. The quantitative estimate of drug-likeness (QED) is 0.154. The zero-order chi connectivity index (χ0) is 77.4. The van der Waals surface area contributed by atoms with Crippen LogP contribution in [0.2, 0.25) is 0 Å². The maximum Gasteiger partial charge on any atom is 0.0974 e. The zero-order valence-electron chi connectivity index (χ0n) is 64.2. The SMILES string of the molecule is Cc1cc(C)c2sc3c(-c4ccccc4-c4ccc5c(c4)c4ccccc4c4nccnc54)cc(C)cc3c2c1.Cc1cnc2c3ccc(-c4cccc(-c5cccc6c5sc5ccccc56)c4)cc3c3ccccc3c2n1.Cc1cnc2c3ccccc3c3cc(-c4cccc(-c5cccc6c5sc5ccccc56)c4)ccc3c2n1. The highest BCUT2D eigenvalue weighted by Gasteiger charge is 2.22. The second-order valence-electron chi connectivity index (χ2n) is 30.6. The van der Waals surface area contributed by atoms with Crippen LogP contribution in [0.25, 0.3) is 225 Å². The molecule has 9 heteroatoms. The second-order valence-corrected chi connectivity index (χ2v) is 33.7. The number of hydrogen-bond acceptors (Lipinski definition) is 9. The van der Waals surface area contributed by atoms with E-state index in [0.717, 1.165) is 76.8 Å². The van der Waals surface area contributed by atoms with Gasteiger partial charge in [-0.05, 0) is 200 Å². The molecule has 0 aliphatic heterocycles. The first kappa shape index (κ1) is 69.0. The number of hydrogen-bond donors (Lipinski definition) is 0. The summed E-state index contributed by atoms with van der Waals surface area (Å²) in [5.41, 5.74) is 26.5. The minimum Gasteiger partial charge on any atom is -0.252 e. The van der Waals surface area contributed by atoms with Gasteiger partial charge in [0, 0.05) is 123 Å². The lowest BCUT2D eigenvalue weighted by Crippen LogP contribution is -1.91. The van der Waals surface area contributed by atoms with Crippen LogP contribution in [0.3, 0.4) is 0 Å². The Hall–Kier alpha value is -13.8. The van der Waals surface area contributed by atoms with E-state index < -0.39 is 0 Å². The molecule has 116 heavy (non-hydrogen) atoms. The topological polar surface area (TPSA) is 77.3 Å². The first-order chi connectivity index (χ1) is 57.0. The monoisotopic (exact) mass is 1530 g/mol. The van der Waals surface area contributed by atoms with Crippen molar-refractivity contribution >= 4 is 192 Å². The molecule has 0 amide bonds. The fraction of sp³-hybridized carbons (Fsp3) is 0.0467. The highest BCUT2D eigenvalue weighted by Crippen LogP contribution is 2.49. The molecule has 6 nitrogen and oxygen atoms in total. The Morgan fingerprint density at radius 3 is 1.06 bits per heavy atom. The highest BCUT2D eigenvalue weighted by atomic mass is 32.1. The summed E-state index contributed by atoms with van der Waals surface area (Å²) in [4.78, 5) is 28.8. The van der Waals surface area contributed by atoms with Gasteiger partial charge in [0.05, 0.1) is 44.5 Å². The molecule has 0 saturated carbocycles. The lowest BCUT2D eigenvalue weighted by Gasteiger charge is -2.14. The molecule has 24 rings (SSSR count). The summed E-state index contributed by atoms with van der Waals surface area (Å²) in [6.45, 7) is 10.6. The van der Waals surface area contributed by atoms with Gasteiger partial charge in [0.2, 0.25) is 0 Å². The van der Waals surface area contributed by atoms with Crippen LogP contribution >= 0.6 is 34.0 Å². The predicted octanol–water partition coefficient (Wildman–Crippen LogP) is 30.5. The number of thiophene rings is 3. The van der Waals surface area contributed by atoms with Crippen molar-refractivity contribution in [3.8, 4) is 66.8 Å². The van der Waals surface area contributed by atoms with Crippen LogP contribution in [0.1, 0.15) is 28.1 Å². The van der Waals surface area contributed by atoms with Crippen molar-refractivity contribution in [1.29, 1.82) is 0 Å². The van der Waals surface area contributed by atoms with Crippen LogP contribution in [-0.4, -0.2) is 29.9 Å². The molecule has 0 spiro atoms. The van der Waals surface area contributed by atoms with Gasteiger partial charge in [0.15, 0.2) is 0 Å². The number of aromatic nitrogens is 6. The Morgan fingerprint density at radius 1 is 0.198 bits per heavy atom. The third-order valence-electron chi connectivity index (χ3n) is 23.2. The first-order valence-electron chi connectivity index (χ1n) is 39.3. The van der Waals surface area contributed by atoms with Crippen LogP contribution in [0.4, 0.5) is 0 Å². The molecule has 6 aromatic heterocycles. The van der Waals surface area contributed by atoms with Gasteiger partial charge in [0.25, 0.3) is 0 Å². The van der Waals surface area contributed by atoms with Gasteiger partial charge in [-0.15, -0.1) is 34.0 Å². The fourth-order valence-corrected chi connectivity index (χ4v) is 21.7. The van der Waals surface area contributed by atoms with Crippen LogP contribution in [0.5, 0.6) is 0 Å². The van der Waals surface area contributed by atoms with E-state index in [2.05, 4.69) is 330 Å². The van der Waals surface area contributed by atoms with Crippen molar-refractivity contribution in [2.24, 2.45) is 0 Å². The van der Waals surface area contributed by atoms with Gasteiger partial charge in [-0.1, -0.05) is 254 Å². The number of rotatable bonds is 6. The third kappa shape index (κ3) is 11.5. The largest absolute Gasteiger partial charge is 0.252 e. The summed E-state index contributed by atoms with van der Waals surface area (Å²) >= 11 is 5.68. The number of aryl methyl sites for hydroxylation is 5. The average Bonchev–Trinajstić information content (AvgIpc) is 1.27. The number of nitrogens with zero attached hydrogens (tertiary/aromatic N) is 6. The molecule has 0 unspecified atom stereocenters. The van der Waals surface area contributed by atoms with Gasteiger partial charge >= 0.3 is 0 Å². The molecule has 546 valence electrons. The molecular weight excluding hydrogens is 1470 g/mol. The lowest BCUT2D eigenvalue weighted by molar-refractivity contribution is 1.19. The van der Waals surface area contributed by atoms with Gasteiger partial charge in [-0.2, -0.15) is 0 Å². The summed E-state index contributed by atoms with van der Waals surface area (Å²) < 4.78 is 8.09. The molecule has 6 heterocycles. The van der Waals surface area contributed by atoms with Gasteiger partial charge in [0.1, 0.15) is 0 Å². The van der Waals surface area contributed by atoms with Gasteiger partial charge in [-0.3, -0.25) is 19.9 Å². The summed E-state index contributed by atoms with van der Waals surface area (Å²) in [6, 6.07) is 113. The summed E-state index contributed by atoms with van der Waals surface area (Å²) in [5, 5.41) is 22.1. The van der Waals surface area contributed by atoms with E-state index in [0.29, 0.717) is 0 Å². The molecule has 0 saturated heterocycles. The van der Waals surface area contributed by atoms with Crippen molar-refractivity contribution in [3.05, 3.63) is 362 Å². The lowest BCUT2D eigenvalue weighted by atomic mass is 9.90. The fourth-order valence-electron chi connectivity index (χ4n) is 18.0. The molecule has 24 aromatic rings. The molecule has 0 bridgehead atoms. The minimum absolute atomic E-state index is 0.932. The molecule has 0 aliphatic carbocycles. The third-order valence-corrected chi connectivity index (χ3v) is 27.1. The molecule has 18 aromatic carbocycles. The van der Waals surface area contributed by atoms with E-state index in [4.69, 9.17) is 29.9 Å². The van der Waals surface area contributed by atoms with E-state index in [1.165, 1.54) is 176 Å². The number of fused-ring (bicyclic) bond motifs is 27. The average molecular weight is 1540 g/mol. The zero-order valence-corrected chi connectivity index (χ0v) is 66.6. The Bertz CT molecular complexity index is 8200. The maximum absolute atomic E-state index is 4.90. The van der Waals surface area contributed by atoms with Crippen LogP contribution in [0, 0.1) is 34.6 Å². The molecule has 0 radical (unpaired) electrons. The summed E-state index contributed by atoms with van der Waals surface area (Å²) in [5.74, 6) is 0. The van der Waals surface area contributed by atoms with Crippen molar-refractivity contribution in [2.45, 2.75) is 34.6 Å². The Morgan fingerprint density at radius 2 is 0.543 bits per heavy atom. The van der Waals surface area contributed by atoms with Crippen molar-refractivity contribution in [2.75, 3.05) is 0 Å². The molecule has 0 N–H and O–H groups in total. The van der Waals surface area contributed by atoms with Crippen LogP contribution < -0.4 is 0 Å². The van der Waals surface area contributed by atoms with Crippen molar-refractivity contribution in [3.63, 3.8) is 0 Å². The van der Waals surface area contributed by atoms with E-state index in [-0.39, 0.29) is 0 Å². The van der Waals surface area contributed by atoms with Gasteiger partial charge in [-0.25, -0.2) is 9.97 Å². The molecule has 0 fully saturated rings. The first-order valence-corrected chi connectivity index (χ1v) is 41.8. The molecule has 0 atom stereocenters. The van der Waals surface area contributed by atoms with Crippen molar-refractivity contribution < 1.29 is 0 Å².